The Hall–Kier alpha value is -2.45. The van der Waals surface area contributed by atoms with E-state index >= 15 is 0 Å². The topological polar surface area (TPSA) is 115 Å². The van der Waals surface area contributed by atoms with Crippen LogP contribution in [-0.2, 0) is 16.6 Å². The Morgan fingerprint density at radius 1 is 1.14 bits per heavy atom. The van der Waals surface area contributed by atoms with Crippen molar-refractivity contribution in [1.82, 2.24) is 0 Å². The Labute approximate surface area is 127 Å². The second-order valence-corrected chi connectivity index (χ2v) is 6.19. The highest BCUT2D eigenvalue weighted by Crippen LogP contribution is 2.19. The zero-order valence-electron chi connectivity index (χ0n) is 11.4. The first kappa shape index (κ1) is 15.9. The summed E-state index contributed by atoms with van der Waals surface area (Å²) < 4.78 is 40.2. The number of anilines is 1. The quantitative estimate of drug-likeness (QED) is 0.766. The molecule has 2 aromatic carbocycles. The highest BCUT2D eigenvalue weighted by atomic mass is 32.2. The van der Waals surface area contributed by atoms with E-state index in [1.54, 1.807) is 12.1 Å². The van der Waals surface area contributed by atoms with Crippen molar-refractivity contribution in [3.8, 4) is 0 Å². The molecule has 0 aliphatic rings. The molecule has 0 heterocycles. The molecule has 0 saturated heterocycles. The number of hydrogen-bond acceptors (Lipinski definition) is 4. The van der Waals surface area contributed by atoms with Crippen molar-refractivity contribution in [2.75, 3.05) is 4.72 Å². The van der Waals surface area contributed by atoms with Crippen LogP contribution < -0.4 is 16.2 Å². The van der Waals surface area contributed by atoms with Gasteiger partial charge in [0.2, 0.25) is 0 Å². The molecule has 0 aliphatic carbocycles. The summed E-state index contributed by atoms with van der Waals surface area (Å²) in [5, 5.41) is 0. The minimum atomic E-state index is -3.86. The summed E-state index contributed by atoms with van der Waals surface area (Å²) in [5.74, 6) is -1.82. The van der Waals surface area contributed by atoms with Crippen LogP contribution in [0.4, 0.5) is 10.1 Å². The van der Waals surface area contributed by atoms with Crippen LogP contribution in [0.15, 0.2) is 47.4 Å². The number of carbonyl (C=O) groups excluding carboxylic acids is 1. The molecule has 0 fully saturated rings. The molecule has 0 bridgehead atoms. The average molecular weight is 323 g/mol. The van der Waals surface area contributed by atoms with Crippen LogP contribution in [0.3, 0.4) is 0 Å². The van der Waals surface area contributed by atoms with Crippen molar-refractivity contribution in [3.05, 3.63) is 59.4 Å². The van der Waals surface area contributed by atoms with E-state index in [4.69, 9.17) is 11.5 Å². The van der Waals surface area contributed by atoms with E-state index in [1.807, 2.05) is 0 Å². The first-order chi connectivity index (χ1) is 10.3. The SMILES string of the molecule is NCc1ccc(S(=O)(=O)Nc2ccc(C(N)=O)c(F)c2)cc1. The normalized spacial score (nSPS) is 11.2. The summed E-state index contributed by atoms with van der Waals surface area (Å²) in [5.41, 5.74) is 10.9. The summed E-state index contributed by atoms with van der Waals surface area (Å²) in [6.45, 7) is 0.299. The number of nitrogens with two attached hydrogens (primary N) is 2. The summed E-state index contributed by atoms with van der Waals surface area (Å²) in [6, 6.07) is 9.25. The molecule has 2 aromatic rings. The maximum atomic E-state index is 13.6. The number of halogens is 1. The number of benzene rings is 2. The van der Waals surface area contributed by atoms with Gasteiger partial charge in [-0.05, 0) is 35.9 Å². The highest BCUT2D eigenvalue weighted by molar-refractivity contribution is 7.92. The molecule has 0 atom stereocenters. The second-order valence-electron chi connectivity index (χ2n) is 4.51. The van der Waals surface area contributed by atoms with Gasteiger partial charge in [-0.3, -0.25) is 9.52 Å². The first-order valence-corrected chi connectivity index (χ1v) is 7.73. The Kier molecular flexibility index (Phi) is 4.43. The van der Waals surface area contributed by atoms with Crippen molar-refractivity contribution in [2.45, 2.75) is 11.4 Å². The molecular weight excluding hydrogens is 309 g/mol. The number of amides is 1. The van der Waals surface area contributed by atoms with Gasteiger partial charge < -0.3 is 11.5 Å². The zero-order chi connectivity index (χ0) is 16.3. The number of carbonyl (C=O) groups is 1. The average Bonchev–Trinajstić information content (AvgIpc) is 2.46. The fraction of sp³-hybridized carbons (Fsp3) is 0.0714. The Bertz CT molecular complexity index is 805. The summed E-state index contributed by atoms with van der Waals surface area (Å²) >= 11 is 0. The van der Waals surface area contributed by atoms with Crippen LogP contribution in [-0.4, -0.2) is 14.3 Å². The van der Waals surface area contributed by atoms with Gasteiger partial charge in [-0.15, -0.1) is 0 Å². The van der Waals surface area contributed by atoms with Crippen LogP contribution in [0.5, 0.6) is 0 Å². The summed E-state index contributed by atoms with van der Waals surface area (Å²) in [6.07, 6.45) is 0. The molecule has 1 amide bonds. The largest absolute Gasteiger partial charge is 0.366 e. The lowest BCUT2D eigenvalue weighted by molar-refractivity contribution is 0.0996. The maximum Gasteiger partial charge on any atom is 0.261 e. The standard InChI is InChI=1S/C14H14FN3O3S/c15-13-7-10(3-6-12(13)14(17)19)18-22(20,21)11-4-1-9(8-16)2-5-11/h1-7,18H,8,16H2,(H2,17,19). The summed E-state index contributed by atoms with van der Waals surface area (Å²) in [7, 11) is -3.86. The van der Waals surface area contributed by atoms with Gasteiger partial charge in [0.15, 0.2) is 0 Å². The van der Waals surface area contributed by atoms with E-state index in [0.717, 1.165) is 17.7 Å². The minimum absolute atomic E-state index is 0.00889. The van der Waals surface area contributed by atoms with E-state index in [2.05, 4.69) is 4.72 Å². The number of primary amides is 1. The van der Waals surface area contributed by atoms with Crippen molar-refractivity contribution in [3.63, 3.8) is 0 Å². The number of rotatable bonds is 5. The van der Waals surface area contributed by atoms with E-state index in [9.17, 15) is 17.6 Å². The second kappa shape index (κ2) is 6.12. The van der Waals surface area contributed by atoms with Gasteiger partial charge >= 0.3 is 0 Å². The molecule has 0 aromatic heterocycles. The third-order valence-electron chi connectivity index (χ3n) is 2.96. The predicted octanol–water partition coefficient (Wildman–Crippen LogP) is 1.18. The number of sulfonamides is 1. The minimum Gasteiger partial charge on any atom is -0.366 e. The zero-order valence-corrected chi connectivity index (χ0v) is 12.2. The fourth-order valence-corrected chi connectivity index (χ4v) is 2.85. The lowest BCUT2D eigenvalue weighted by Gasteiger charge is -2.09. The lowest BCUT2D eigenvalue weighted by Crippen LogP contribution is -2.15. The first-order valence-electron chi connectivity index (χ1n) is 6.24. The highest BCUT2D eigenvalue weighted by Gasteiger charge is 2.16. The molecule has 0 spiro atoms. The molecule has 0 aliphatic heterocycles. The van der Waals surface area contributed by atoms with Crippen molar-refractivity contribution < 1.29 is 17.6 Å². The lowest BCUT2D eigenvalue weighted by atomic mass is 10.2. The van der Waals surface area contributed by atoms with Gasteiger partial charge in [0, 0.05) is 6.54 Å². The predicted molar refractivity (Wildman–Crippen MR) is 80.1 cm³/mol. The summed E-state index contributed by atoms with van der Waals surface area (Å²) in [4.78, 5) is 11.0. The fourth-order valence-electron chi connectivity index (χ4n) is 1.80. The number of hydrogen-bond donors (Lipinski definition) is 3. The van der Waals surface area contributed by atoms with Gasteiger partial charge in [0.1, 0.15) is 5.82 Å². The third kappa shape index (κ3) is 3.41. The Balaban J connectivity index is 2.28. The van der Waals surface area contributed by atoms with Crippen molar-refractivity contribution in [2.24, 2.45) is 11.5 Å². The van der Waals surface area contributed by atoms with Gasteiger partial charge in [-0.1, -0.05) is 12.1 Å². The van der Waals surface area contributed by atoms with Gasteiger partial charge in [0.05, 0.1) is 16.1 Å². The Morgan fingerprint density at radius 2 is 1.77 bits per heavy atom. The van der Waals surface area contributed by atoms with E-state index in [1.165, 1.54) is 18.2 Å². The molecule has 8 heteroatoms. The van der Waals surface area contributed by atoms with Crippen molar-refractivity contribution >= 4 is 21.6 Å². The van der Waals surface area contributed by atoms with Crippen LogP contribution in [0.1, 0.15) is 15.9 Å². The molecule has 6 nitrogen and oxygen atoms in total. The molecule has 0 saturated carbocycles. The molecular formula is C14H14FN3O3S. The molecule has 5 N–H and O–H groups in total. The monoisotopic (exact) mass is 323 g/mol. The maximum absolute atomic E-state index is 13.6. The molecule has 2 rings (SSSR count). The Morgan fingerprint density at radius 3 is 2.27 bits per heavy atom. The molecule has 0 radical (unpaired) electrons. The van der Waals surface area contributed by atoms with E-state index < -0.39 is 21.7 Å². The smallest absolute Gasteiger partial charge is 0.261 e. The molecule has 0 unspecified atom stereocenters. The van der Waals surface area contributed by atoms with Crippen molar-refractivity contribution in [1.29, 1.82) is 0 Å². The van der Waals surface area contributed by atoms with Crippen LogP contribution in [0.2, 0.25) is 0 Å². The van der Waals surface area contributed by atoms with E-state index in [0.29, 0.717) is 6.54 Å². The van der Waals surface area contributed by atoms with Gasteiger partial charge in [0.25, 0.3) is 15.9 Å². The molecule has 22 heavy (non-hydrogen) atoms. The number of nitrogens with one attached hydrogen (secondary N) is 1. The third-order valence-corrected chi connectivity index (χ3v) is 4.35. The van der Waals surface area contributed by atoms with E-state index in [-0.39, 0.29) is 16.1 Å². The van der Waals surface area contributed by atoms with Crippen LogP contribution >= 0.6 is 0 Å². The van der Waals surface area contributed by atoms with Crippen LogP contribution in [0, 0.1) is 5.82 Å². The van der Waals surface area contributed by atoms with Crippen LogP contribution in [0.25, 0.3) is 0 Å². The van der Waals surface area contributed by atoms with Gasteiger partial charge in [-0.2, -0.15) is 0 Å². The van der Waals surface area contributed by atoms with Gasteiger partial charge in [-0.25, -0.2) is 12.8 Å². The molecule has 116 valence electrons.